The lowest BCUT2D eigenvalue weighted by Crippen LogP contribution is -2.37. The zero-order chi connectivity index (χ0) is 11.3. The van der Waals surface area contributed by atoms with Crippen LogP contribution >= 0.6 is 0 Å². The molecule has 0 N–H and O–H groups in total. The zero-order valence-electron chi connectivity index (χ0n) is 10.8. The van der Waals surface area contributed by atoms with Gasteiger partial charge in [0.05, 0.1) is 12.7 Å². The van der Waals surface area contributed by atoms with Gasteiger partial charge in [-0.25, -0.2) is 0 Å². The summed E-state index contributed by atoms with van der Waals surface area (Å²) in [5, 5.41) is 0. The molecule has 1 saturated carbocycles. The molecular formula is C13H27NO. The minimum absolute atomic E-state index is 0.366. The smallest absolute Gasteiger partial charge is 0.0596 e. The third kappa shape index (κ3) is 4.98. The lowest BCUT2D eigenvalue weighted by Gasteiger charge is -2.33. The van der Waals surface area contributed by atoms with Gasteiger partial charge in [0.1, 0.15) is 0 Å². The van der Waals surface area contributed by atoms with Crippen LogP contribution in [0.5, 0.6) is 0 Å². The first-order valence-corrected chi connectivity index (χ1v) is 6.41. The Morgan fingerprint density at radius 3 is 2.33 bits per heavy atom. The molecule has 0 aromatic heterocycles. The summed E-state index contributed by atoms with van der Waals surface area (Å²) in [5.74, 6) is 0.946. The fraction of sp³-hybridized carbons (Fsp3) is 1.00. The molecule has 0 amide bonds. The second-order valence-corrected chi connectivity index (χ2v) is 5.31. The van der Waals surface area contributed by atoms with Crippen LogP contribution < -0.4 is 0 Å². The Labute approximate surface area is 95.0 Å². The highest BCUT2D eigenvalue weighted by molar-refractivity contribution is 4.76. The summed E-state index contributed by atoms with van der Waals surface area (Å²) >= 11 is 0. The molecule has 0 bridgehead atoms. The first kappa shape index (κ1) is 13.0. The molecule has 1 aliphatic carbocycles. The van der Waals surface area contributed by atoms with Crippen LogP contribution in [-0.4, -0.2) is 37.2 Å². The maximum Gasteiger partial charge on any atom is 0.0596 e. The van der Waals surface area contributed by atoms with Gasteiger partial charge in [-0.15, -0.1) is 0 Å². The van der Waals surface area contributed by atoms with Crippen LogP contribution in [0, 0.1) is 5.92 Å². The highest BCUT2D eigenvalue weighted by atomic mass is 16.5. The van der Waals surface area contributed by atoms with Crippen LogP contribution in [-0.2, 0) is 4.74 Å². The molecule has 0 aromatic carbocycles. The van der Waals surface area contributed by atoms with Gasteiger partial charge in [-0.3, -0.25) is 0 Å². The molecule has 0 radical (unpaired) electrons. The minimum atomic E-state index is 0.366. The fourth-order valence-electron chi connectivity index (χ4n) is 2.30. The molecule has 1 rings (SSSR count). The van der Waals surface area contributed by atoms with Crippen LogP contribution in [0.4, 0.5) is 0 Å². The Hall–Kier alpha value is -0.0800. The van der Waals surface area contributed by atoms with E-state index in [1.807, 2.05) is 0 Å². The van der Waals surface area contributed by atoms with Crippen LogP contribution in [0.2, 0.25) is 0 Å². The number of likely N-dealkylation sites (N-methyl/N-ethyl adjacent to an activating group) is 1. The fourth-order valence-corrected chi connectivity index (χ4v) is 2.30. The molecule has 0 atom stereocenters. The van der Waals surface area contributed by atoms with Crippen molar-refractivity contribution in [2.45, 2.75) is 58.6 Å². The molecule has 2 nitrogen and oxygen atoms in total. The van der Waals surface area contributed by atoms with Crippen molar-refractivity contribution >= 4 is 0 Å². The van der Waals surface area contributed by atoms with Crippen molar-refractivity contribution in [2.24, 2.45) is 5.92 Å². The average Bonchev–Trinajstić information content (AvgIpc) is 2.18. The van der Waals surface area contributed by atoms with Gasteiger partial charge in [0, 0.05) is 12.6 Å². The van der Waals surface area contributed by atoms with E-state index in [1.54, 1.807) is 0 Å². The van der Waals surface area contributed by atoms with Gasteiger partial charge >= 0.3 is 0 Å². The van der Waals surface area contributed by atoms with E-state index >= 15 is 0 Å². The van der Waals surface area contributed by atoms with Gasteiger partial charge in [-0.1, -0.05) is 6.92 Å². The molecule has 90 valence electrons. The molecular weight excluding hydrogens is 186 g/mol. The second-order valence-electron chi connectivity index (χ2n) is 5.31. The van der Waals surface area contributed by atoms with Crippen LogP contribution in [0.3, 0.4) is 0 Å². The van der Waals surface area contributed by atoms with E-state index in [-0.39, 0.29) is 0 Å². The van der Waals surface area contributed by atoms with Crippen molar-refractivity contribution < 1.29 is 4.74 Å². The van der Waals surface area contributed by atoms with E-state index in [0.717, 1.165) is 25.1 Å². The SMILES string of the molecule is CC1CCC(N(C)CCOC(C)C)CC1. The zero-order valence-corrected chi connectivity index (χ0v) is 10.8. The Morgan fingerprint density at radius 2 is 1.80 bits per heavy atom. The average molecular weight is 213 g/mol. The molecule has 15 heavy (non-hydrogen) atoms. The van der Waals surface area contributed by atoms with Gasteiger partial charge in [0.25, 0.3) is 0 Å². The molecule has 1 fully saturated rings. The van der Waals surface area contributed by atoms with Crippen molar-refractivity contribution in [3.05, 3.63) is 0 Å². The molecule has 0 aliphatic heterocycles. The van der Waals surface area contributed by atoms with Crippen molar-refractivity contribution in [1.82, 2.24) is 4.90 Å². The minimum Gasteiger partial charge on any atom is -0.377 e. The van der Waals surface area contributed by atoms with Crippen LogP contribution in [0.15, 0.2) is 0 Å². The van der Waals surface area contributed by atoms with Crippen molar-refractivity contribution in [1.29, 1.82) is 0 Å². The number of nitrogens with zero attached hydrogens (tertiary/aromatic N) is 1. The highest BCUT2D eigenvalue weighted by Crippen LogP contribution is 2.26. The van der Waals surface area contributed by atoms with Gasteiger partial charge in [0.2, 0.25) is 0 Å². The maximum atomic E-state index is 5.58. The number of ether oxygens (including phenoxy) is 1. The van der Waals surface area contributed by atoms with Crippen molar-refractivity contribution in [3.63, 3.8) is 0 Å². The first-order chi connectivity index (χ1) is 7.09. The van der Waals surface area contributed by atoms with E-state index in [2.05, 4.69) is 32.7 Å². The molecule has 2 heteroatoms. The lowest BCUT2D eigenvalue weighted by molar-refractivity contribution is 0.0496. The molecule has 0 spiro atoms. The summed E-state index contributed by atoms with van der Waals surface area (Å²) < 4.78 is 5.58. The van der Waals surface area contributed by atoms with Crippen LogP contribution in [0.1, 0.15) is 46.5 Å². The molecule has 0 heterocycles. The van der Waals surface area contributed by atoms with Gasteiger partial charge < -0.3 is 9.64 Å². The van der Waals surface area contributed by atoms with Gasteiger partial charge in [-0.05, 0) is 52.5 Å². The number of hydrogen-bond donors (Lipinski definition) is 0. The van der Waals surface area contributed by atoms with Gasteiger partial charge in [0.15, 0.2) is 0 Å². The normalized spacial score (nSPS) is 27.6. The predicted molar refractivity (Wildman–Crippen MR) is 65.1 cm³/mol. The Kier molecular flexibility index (Phi) is 5.62. The van der Waals surface area contributed by atoms with Crippen molar-refractivity contribution in [2.75, 3.05) is 20.2 Å². The van der Waals surface area contributed by atoms with Crippen molar-refractivity contribution in [3.8, 4) is 0 Å². The lowest BCUT2D eigenvalue weighted by atomic mass is 9.87. The van der Waals surface area contributed by atoms with Gasteiger partial charge in [-0.2, -0.15) is 0 Å². The summed E-state index contributed by atoms with van der Waals surface area (Å²) in [5.41, 5.74) is 0. The quantitative estimate of drug-likeness (QED) is 0.696. The Balaban J connectivity index is 2.13. The second kappa shape index (κ2) is 6.49. The largest absolute Gasteiger partial charge is 0.377 e. The van der Waals surface area contributed by atoms with E-state index < -0.39 is 0 Å². The topological polar surface area (TPSA) is 12.5 Å². The summed E-state index contributed by atoms with van der Waals surface area (Å²) in [6.07, 6.45) is 5.92. The monoisotopic (exact) mass is 213 g/mol. The van der Waals surface area contributed by atoms with E-state index in [0.29, 0.717) is 6.10 Å². The Bertz CT molecular complexity index is 162. The molecule has 1 aliphatic rings. The third-order valence-electron chi connectivity index (χ3n) is 3.50. The summed E-state index contributed by atoms with van der Waals surface area (Å²) in [4.78, 5) is 2.48. The van der Waals surface area contributed by atoms with E-state index in [1.165, 1.54) is 25.7 Å². The highest BCUT2D eigenvalue weighted by Gasteiger charge is 2.21. The molecule has 0 aromatic rings. The standard InChI is InChI=1S/C13H27NO/c1-11(2)15-10-9-14(4)13-7-5-12(3)6-8-13/h11-13H,5-10H2,1-4H3. The predicted octanol–water partition coefficient (Wildman–Crippen LogP) is 2.92. The molecule has 0 unspecified atom stereocenters. The van der Waals surface area contributed by atoms with Crippen LogP contribution in [0.25, 0.3) is 0 Å². The summed E-state index contributed by atoms with van der Waals surface area (Å²) in [6.45, 7) is 8.53. The number of hydrogen-bond acceptors (Lipinski definition) is 2. The van der Waals surface area contributed by atoms with E-state index in [4.69, 9.17) is 4.74 Å². The summed E-state index contributed by atoms with van der Waals surface area (Å²) in [7, 11) is 2.24. The van der Waals surface area contributed by atoms with E-state index in [9.17, 15) is 0 Å². The first-order valence-electron chi connectivity index (χ1n) is 6.41. The third-order valence-corrected chi connectivity index (χ3v) is 3.50. The summed E-state index contributed by atoms with van der Waals surface area (Å²) in [6, 6.07) is 0.803. The number of rotatable bonds is 5. The Morgan fingerprint density at radius 1 is 1.20 bits per heavy atom. The maximum absolute atomic E-state index is 5.58. The molecule has 0 saturated heterocycles.